The van der Waals surface area contributed by atoms with Gasteiger partial charge >= 0.3 is 6.09 Å². The average molecular weight is 413 g/mol. The molecule has 1 aliphatic heterocycles. The van der Waals surface area contributed by atoms with Gasteiger partial charge in [-0.25, -0.2) is 9.69 Å². The van der Waals surface area contributed by atoms with Crippen molar-refractivity contribution in [3.05, 3.63) is 77.4 Å². The second-order valence-corrected chi connectivity index (χ2v) is 9.08. The Kier molecular flexibility index (Phi) is 4.13. The van der Waals surface area contributed by atoms with Gasteiger partial charge in [-0.05, 0) is 42.2 Å². The summed E-state index contributed by atoms with van der Waals surface area (Å²) in [4.78, 5) is 41.6. The summed E-state index contributed by atoms with van der Waals surface area (Å²) in [6.07, 6.45) is 2.48. The summed E-state index contributed by atoms with van der Waals surface area (Å²) in [5.41, 5.74) is 2.68. The first-order chi connectivity index (χ1) is 15.1. The number of ketones is 1. The van der Waals surface area contributed by atoms with Crippen molar-refractivity contribution in [1.29, 1.82) is 0 Å². The van der Waals surface area contributed by atoms with Gasteiger partial charge in [-0.2, -0.15) is 0 Å². The van der Waals surface area contributed by atoms with Crippen LogP contribution in [0.25, 0.3) is 5.57 Å². The van der Waals surface area contributed by atoms with E-state index >= 15 is 0 Å². The smallest absolute Gasteiger partial charge is 0.417 e. The first kappa shape index (κ1) is 18.6. The average Bonchev–Trinajstić information content (AvgIpc) is 3.56. The van der Waals surface area contributed by atoms with Crippen LogP contribution >= 0.6 is 0 Å². The van der Waals surface area contributed by atoms with Crippen molar-refractivity contribution in [2.75, 3.05) is 6.61 Å². The van der Waals surface area contributed by atoms with E-state index < -0.39 is 12.1 Å². The van der Waals surface area contributed by atoms with Crippen LogP contribution in [0.5, 0.6) is 0 Å². The Labute approximate surface area is 180 Å². The van der Waals surface area contributed by atoms with Crippen LogP contribution in [0.2, 0.25) is 0 Å². The lowest BCUT2D eigenvalue weighted by Crippen LogP contribution is -2.38. The number of hydrogen-bond donors (Lipinski definition) is 0. The van der Waals surface area contributed by atoms with Gasteiger partial charge < -0.3 is 4.74 Å². The Morgan fingerprint density at radius 1 is 0.871 bits per heavy atom. The standard InChI is InChI=1S/C26H23NO4/c28-24-21(16-9-5-2-6-10-16)23(20-17-11-12-18(13-17)22(20)24)25(29)27-19(14-31-26(27)30)15-7-3-1-4-8-15/h1-10,17-20,22H,11-14H2/t17-,18+,19+,20+,22-/m0/s1. The van der Waals surface area contributed by atoms with Gasteiger partial charge in [-0.1, -0.05) is 60.7 Å². The lowest BCUT2D eigenvalue weighted by atomic mass is 9.78. The molecule has 0 N–H and O–H groups in total. The number of carbonyl (C=O) groups excluding carboxylic acids is 3. The van der Waals surface area contributed by atoms with Gasteiger partial charge in [0.05, 0.1) is 0 Å². The maximum Gasteiger partial charge on any atom is 0.417 e. The molecule has 0 aromatic heterocycles. The minimum absolute atomic E-state index is 0.0792. The van der Waals surface area contributed by atoms with Gasteiger partial charge in [0, 0.05) is 23.0 Å². The number of carbonyl (C=O) groups is 3. The van der Waals surface area contributed by atoms with E-state index in [0.717, 1.165) is 30.4 Å². The molecule has 4 aliphatic rings. The van der Waals surface area contributed by atoms with Gasteiger partial charge in [-0.3, -0.25) is 9.59 Å². The van der Waals surface area contributed by atoms with Crippen molar-refractivity contribution >= 4 is 23.4 Å². The second-order valence-electron chi connectivity index (χ2n) is 9.08. The number of amides is 2. The Hall–Kier alpha value is -3.21. The highest BCUT2D eigenvalue weighted by molar-refractivity contribution is 6.31. The number of ether oxygens (including phenoxy) is 1. The summed E-state index contributed by atoms with van der Waals surface area (Å²) in [6.45, 7) is 0.136. The largest absolute Gasteiger partial charge is 0.446 e. The molecule has 2 saturated carbocycles. The molecule has 2 aromatic carbocycles. The van der Waals surface area contributed by atoms with Gasteiger partial charge in [0.1, 0.15) is 12.6 Å². The number of allylic oxidation sites excluding steroid dienone is 1. The highest BCUT2D eigenvalue weighted by Gasteiger charge is 2.59. The van der Waals surface area contributed by atoms with Crippen molar-refractivity contribution in [2.45, 2.75) is 25.3 Å². The quantitative estimate of drug-likeness (QED) is 0.748. The van der Waals surface area contributed by atoms with Crippen LogP contribution in [0.15, 0.2) is 66.2 Å². The molecule has 5 nitrogen and oxygen atoms in total. The van der Waals surface area contributed by atoms with Crippen molar-refractivity contribution in [1.82, 2.24) is 4.90 Å². The fraction of sp³-hybridized carbons (Fsp3) is 0.346. The zero-order valence-electron chi connectivity index (χ0n) is 17.1. The van der Waals surface area contributed by atoms with Crippen LogP contribution in [0, 0.1) is 23.7 Å². The highest BCUT2D eigenvalue weighted by atomic mass is 16.6. The molecule has 5 heteroatoms. The molecular formula is C26H23NO4. The Morgan fingerprint density at radius 2 is 1.52 bits per heavy atom. The van der Waals surface area contributed by atoms with Gasteiger partial charge in [-0.15, -0.1) is 0 Å². The van der Waals surface area contributed by atoms with E-state index in [9.17, 15) is 14.4 Å². The molecule has 2 amide bonds. The Bertz CT molecular complexity index is 1110. The summed E-state index contributed by atoms with van der Waals surface area (Å²) in [5.74, 6) is 0.203. The van der Waals surface area contributed by atoms with E-state index in [4.69, 9.17) is 4.74 Å². The summed E-state index contributed by atoms with van der Waals surface area (Å²) in [6, 6.07) is 18.5. The van der Waals surface area contributed by atoms with Gasteiger partial charge in [0.15, 0.2) is 5.78 Å². The molecular weight excluding hydrogens is 390 g/mol. The molecule has 0 spiro atoms. The molecule has 1 saturated heterocycles. The lowest BCUT2D eigenvalue weighted by molar-refractivity contribution is -0.126. The van der Waals surface area contributed by atoms with Gasteiger partial charge in [0.25, 0.3) is 5.91 Å². The Morgan fingerprint density at radius 3 is 2.23 bits per heavy atom. The van der Waals surface area contributed by atoms with Crippen LogP contribution in [-0.4, -0.2) is 29.3 Å². The zero-order chi connectivity index (χ0) is 21.1. The second kappa shape index (κ2) is 6.91. The number of fused-ring (bicyclic) bond motifs is 5. The van der Waals surface area contributed by atoms with Crippen molar-refractivity contribution in [3.8, 4) is 0 Å². The predicted octanol–water partition coefficient (Wildman–Crippen LogP) is 4.41. The van der Waals surface area contributed by atoms with Crippen LogP contribution in [0.3, 0.4) is 0 Å². The third kappa shape index (κ3) is 2.65. The molecule has 2 bridgehead atoms. The number of Topliss-reactive ketones (excluding diaryl/α,β-unsaturated/α-hetero) is 1. The number of rotatable bonds is 3. The molecule has 0 radical (unpaired) electrons. The topological polar surface area (TPSA) is 63.7 Å². The molecule has 6 rings (SSSR count). The first-order valence-corrected chi connectivity index (χ1v) is 11.0. The monoisotopic (exact) mass is 413 g/mol. The van der Waals surface area contributed by atoms with E-state index in [-0.39, 0.29) is 30.1 Å². The highest BCUT2D eigenvalue weighted by Crippen LogP contribution is 2.61. The van der Waals surface area contributed by atoms with Crippen LogP contribution in [0.1, 0.15) is 36.4 Å². The number of cyclic esters (lactones) is 1. The summed E-state index contributed by atoms with van der Waals surface area (Å²) in [5, 5.41) is 0. The van der Waals surface area contributed by atoms with E-state index in [2.05, 4.69) is 0 Å². The number of benzene rings is 2. The van der Waals surface area contributed by atoms with E-state index in [0.29, 0.717) is 23.0 Å². The van der Waals surface area contributed by atoms with E-state index in [1.54, 1.807) is 0 Å². The normalized spacial score (nSPS) is 31.4. The molecule has 1 heterocycles. The summed E-state index contributed by atoms with van der Waals surface area (Å²) < 4.78 is 5.31. The third-order valence-corrected chi connectivity index (χ3v) is 7.64. The first-order valence-electron chi connectivity index (χ1n) is 11.0. The van der Waals surface area contributed by atoms with Gasteiger partial charge in [0.2, 0.25) is 0 Å². The van der Waals surface area contributed by atoms with E-state index in [1.165, 1.54) is 4.90 Å². The number of hydrogen-bond acceptors (Lipinski definition) is 4. The fourth-order valence-electron chi connectivity index (χ4n) is 6.40. The molecule has 2 aromatic rings. The van der Waals surface area contributed by atoms with E-state index in [1.807, 2.05) is 60.7 Å². The van der Waals surface area contributed by atoms with Crippen LogP contribution < -0.4 is 0 Å². The van der Waals surface area contributed by atoms with Crippen LogP contribution in [-0.2, 0) is 14.3 Å². The molecule has 31 heavy (non-hydrogen) atoms. The lowest BCUT2D eigenvalue weighted by Gasteiger charge is -2.28. The zero-order valence-corrected chi connectivity index (χ0v) is 17.1. The maximum atomic E-state index is 14.0. The number of nitrogens with zero attached hydrogens (tertiary/aromatic N) is 1. The van der Waals surface area contributed by atoms with Crippen molar-refractivity contribution < 1.29 is 19.1 Å². The number of imide groups is 1. The maximum absolute atomic E-state index is 14.0. The molecule has 156 valence electrons. The fourth-order valence-corrected chi connectivity index (χ4v) is 6.40. The Balaban J connectivity index is 1.48. The van der Waals surface area contributed by atoms with Crippen molar-refractivity contribution in [2.24, 2.45) is 23.7 Å². The molecule has 0 unspecified atom stereocenters. The molecule has 3 fully saturated rings. The summed E-state index contributed by atoms with van der Waals surface area (Å²) >= 11 is 0. The van der Waals surface area contributed by atoms with Crippen molar-refractivity contribution in [3.63, 3.8) is 0 Å². The molecule has 5 atom stereocenters. The summed E-state index contributed by atoms with van der Waals surface area (Å²) in [7, 11) is 0. The predicted molar refractivity (Wildman–Crippen MR) is 114 cm³/mol. The van der Waals surface area contributed by atoms with Crippen LogP contribution in [0.4, 0.5) is 4.79 Å². The minimum Gasteiger partial charge on any atom is -0.446 e. The third-order valence-electron chi connectivity index (χ3n) is 7.64. The molecule has 3 aliphatic carbocycles. The SMILES string of the molecule is O=C1C(c2ccccc2)=C(C(=O)N2C(=O)OC[C@@H]2c2ccccc2)[C@@H]2[C@H]3CC[C@H](C3)[C@H]12. The minimum atomic E-state index is -0.627.